The average Bonchev–Trinajstić information content (AvgIpc) is 3.19. The molecule has 0 unspecified atom stereocenters. The van der Waals surface area contributed by atoms with E-state index in [-0.39, 0.29) is 18.0 Å². The van der Waals surface area contributed by atoms with Crippen molar-refractivity contribution in [2.45, 2.75) is 39.0 Å². The second kappa shape index (κ2) is 9.09. The molecule has 0 amide bonds. The number of rotatable bonds is 3. The summed E-state index contributed by atoms with van der Waals surface area (Å²) in [5.41, 5.74) is 6.49. The molecule has 0 aliphatic carbocycles. The summed E-state index contributed by atoms with van der Waals surface area (Å²) in [4.78, 5) is 9.22. The number of hydrogen-bond donors (Lipinski definition) is 0. The molecule has 1 aromatic heterocycles. The fourth-order valence-corrected chi connectivity index (χ4v) is 5.92. The molecule has 0 N–H and O–H groups in total. The zero-order valence-electron chi connectivity index (χ0n) is 20.8. The van der Waals surface area contributed by atoms with Gasteiger partial charge in [-0.3, -0.25) is 0 Å². The number of para-hydroxylation sites is 2. The van der Waals surface area contributed by atoms with Gasteiger partial charge in [-0.25, -0.2) is 9.37 Å². The number of morpholine rings is 1. The molecule has 0 saturated carbocycles. The highest BCUT2D eigenvalue weighted by atomic mass is 35.5. The van der Waals surface area contributed by atoms with Gasteiger partial charge in [0.15, 0.2) is 5.82 Å². The molecule has 1 fully saturated rings. The number of anilines is 2. The van der Waals surface area contributed by atoms with Gasteiger partial charge in [-0.05, 0) is 67.8 Å². The molecule has 7 heteroatoms. The number of aromatic nitrogens is 2. The molecule has 0 bridgehead atoms. The van der Waals surface area contributed by atoms with Crippen LogP contribution in [0.2, 0.25) is 5.02 Å². The third kappa shape index (κ3) is 4.02. The minimum absolute atomic E-state index is 0.221. The molecule has 0 radical (unpaired) electrons. The third-order valence-corrected chi connectivity index (χ3v) is 7.72. The zero-order valence-corrected chi connectivity index (χ0v) is 21.6. The normalized spacial score (nSPS) is 20.1. The van der Waals surface area contributed by atoms with Gasteiger partial charge >= 0.3 is 0 Å². The van der Waals surface area contributed by atoms with E-state index < -0.39 is 0 Å². The van der Waals surface area contributed by atoms with Crippen LogP contribution in [0.5, 0.6) is 0 Å². The molecule has 2 aliphatic rings. The molecule has 6 rings (SSSR count). The lowest BCUT2D eigenvalue weighted by Gasteiger charge is -2.38. The van der Waals surface area contributed by atoms with Crippen LogP contribution in [0.15, 0.2) is 54.6 Å². The van der Waals surface area contributed by atoms with E-state index in [1.165, 1.54) is 16.8 Å². The van der Waals surface area contributed by atoms with Crippen LogP contribution in [0.3, 0.4) is 0 Å². The van der Waals surface area contributed by atoms with E-state index in [2.05, 4.69) is 41.8 Å². The highest BCUT2D eigenvalue weighted by Crippen LogP contribution is 2.38. The molecule has 3 aromatic carbocycles. The van der Waals surface area contributed by atoms with Crippen molar-refractivity contribution in [3.8, 4) is 11.4 Å². The Kier molecular flexibility index (Phi) is 5.89. The fourth-order valence-electron chi connectivity index (χ4n) is 5.69. The maximum atomic E-state index is 16.1. The molecular weight excluding hydrogens is 475 g/mol. The van der Waals surface area contributed by atoms with Crippen molar-refractivity contribution in [3.63, 3.8) is 0 Å². The summed E-state index contributed by atoms with van der Waals surface area (Å²) < 4.78 is 23.9. The van der Waals surface area contributed by atoms with Crippen LogP contribution in [0.25, 0.3) is 22.4 Å². The van der Waals surface area contributed by atoms with Crippen molar-refractivity contribution >= 4 is 34.0 Å². The van der Waals surface area contributed by atoms with Crippen molar-refractivity contribution in [2.24, 2.45) is 7.05 Å². The molecule has 186 valence electrons. The minimum Gasteiger partial charge on any atom is -0.372 e. The fraction of sp³-hybridized carbons (Fsp3) is 0.345. The zero-order chi connectivity index (χ0) is 25.0. The summed E-state index contributed by atoms with van der Waals surface area (Å²) >= 11 is 6.54. The van der Waals surface area contributed by atoms with Crippen molar-refractivity contribution in [1.29, 1.82) is 0 Å². The van der Waals surface area contributed by atoms with Gasteiger partial charge in [0.25, 0.3) is 0 Å². The summed E-state index contributed by atoms with van der Waals surface area (Å²) in [5.74, 6) is 0.217. The summed E-state index contributed by atoms with van der Waals surface area (Å²) in [6.07, 6.45) is 1.31. The van der Waals surface area contributed by atoms with Crippen LogP contribution >= 0.6 is 11.6 Å². The number of benzene rings is 3. The number of halogens is 2. The second-order valence-electron chi connectivity index (χ2n) is 10.0. The molecule has 2 aliphatic heterocycles. The average molecular weight is 505 g/mol. The van der Waals surface area contributed by atoms with Gasteiger partial charge in [0.05, 0.1) is 39.5 Å². The number of fused-ring (bicyclic) bond motifs is 2. The monoisotopic (exact) mass is 504 g/mol. The first-order valence-electron chi connectivity index (χ1n) is 12.6. The van der Waals surface area contributed by atoms with E-state index in [1.807, 2.05) is 35.9 Å². The Balaban J connectivity index is 1.30. The number of imidazole rings is 1. The standard InChI is InChI=1S/C29H30ClFN4O/c1-18-15-35(16-19(2)36-18)22-9-8-21-17-34(13-12-20(21)14-22)26-11-10-23(30)27(28(26)31)29-32-24-6-4-5-7-25(24)33(29)3/h4-11,14,18-19H,12-13,15-17H2,1-3H3/t18-,19+. The highest BCUT2D eigenvalue weighted by molar-refractivity contribution is 6.33. The maximum Gasteiger partial charge on any atom is 0.158 e. The van der Waals surface area contributed by atoms with E-state index >= 15 is 4.39 Å². The molecule has 2 atom stereocenters. The molecule has 3 heterocycles. The van der Waals surface area contributed by atoms with Crippen molar-refractivity contribution < 1.29 is 9.13 Å². The van der Waals surface area contributed by atoms with E-state index in [1.54, 1.807) is 12.1 Å². The van der Waals surface area contributed by atoms with E-state index in [9.17, 15) is 0 Å². The summed E-state index contributed by atoms with van der Waals surface area (Å²) in [7, 11) is 1.90. The largest absolute Gasteiger partial charge is 0.372 e. The van der Waals surface area contributed by atoms with E-state index in [0.29, 0.717) is 28.6 Å². The first kappa shape index (κ1) is 23.3. The maximum absolute atomic E-state index is 16.1. The van der Waals surface area contributed by atoms with Crippen LogP contribution in [-0.4, -0.2) is 41.4 Å². The highest BCUT2D eigenvalue weighted by Gasteiger charge is 2.27. The lowest BCUT2D eigenvalue weighted by molar-refractivity contribution is -0.00522. The lowest BCUT2D eigenvalue weighted by atomic mass is 9.97. The quantitative estimate of drug-likeness (QED) is 0.332. The smallest absolute Gasteiger partial charge is 0.158 e. The predicted octanol–water partition coefficient (Wildman–Crippen LogP) is 6.21. The SMILES string of the molecule is C[C@@H]1CN(c2ccc3c(c2)CCN(c2ccc(Cl)c(-c4nc5ccccc5n4C)c2F)C3)C[C@H](C)O1. The molecule has 1 saturated heterocycles. The van der Waals surface area contributed by atoms with Gasteiger partial charge < -0.3 is 19.1 Å². The summed E-state index contributed by atoms with van der Waals surface area (Å²) in [6, 6.07) is 18.1. The number of nitrogens with zero attached hydrogens (tertiary/aromatic N) is 4. The lowest BCUT2D eigenvalue weighted by Crippen LogP contribution is -2.45. The number of aryl methyl sites for hydroxylation is 1. The Morgan fingerprint density at radius 1 is 0.972 bits per heavy atom. The van der Waals surface area contributed by atoms with Crippen LogP contribution in [-0.2, 0) is 24.8 Å². The van der Waals surface area contributed by atoms with Crippen molar-refractivity contribution in [1.82, 2.24) is 9.55 Å². The van der Waals surface area contributed by atoms with Gasteiger partial charge in [0.1, 0.15) is 5.82 Å². The third-order valence-electron chi connectivity index (χ3n) is 7.41. The van der Waals surface area contributed by atoms with Crippen molar-refractivity contribution in [3.05, 3.63) is 76.6 Å². The van der Waals surface area contributed by atoms with Crippen LogP contribution in [0.1, 0.15) is 25.0 Å². The first-order valence-corrected chi connectivity index (χ1v) is 12.9. The van der Waals surface area contributed by atoms with Crippen LogP contribution < -0.4 is 9.80 Å². The van der Waals surface area contributed by atoms with Gasteiger partial charge in [0, 0.05) is 38.9 Å². The molecule has 0 spiro atoms. The predicted molar refractivity (Wildman–Crippen MR) is 145 cm³/mol. The van der Waals surface area contributed by atoms with E-state index in [4.69, 9.17) is 21.3 Å². The molecule has 4 aromatic rings. The summed E-state index contributed by atoms with van der Waals surface area (Å²) in [6.45, 7) is 7.45. The Bertz CT molecular complexity index is 1440. The van der Waals surface area contributed by atoms with Crippen molar-refractivity contribution in [2.75, 3.05) is 29.4 Å². The van der Waals surface area contributed by atoms with Crippen LogP contribution in [0, 0.1) is 5.82 Å². The number of hydrogen-bond acceptors (Lipinski definition) is 4. The van der Waals surface area contributed by atoms with E-state index in [0.717, 1.165) is 37.1 Å². The van der Waals surface area contributed by atoms with Gasteiger partial charge in [-0.1, -0.05) is 29.8 Å². The van der Waals surface area contributed by atoms with Gasteiger partial charge in [-0.15, -0.1) is 0 Å². The molecular formula is C29H30ClFN4O. The topological polar surface area (TPSA) is 33.5 Å². The minimum atomic E-state index is -0.322. The van der Waals surface area contributed by atoms with Gasteiger partial charge in [0.2, 0.25) is 0 Å². The Hall–Kier alpha value is -3.09. The Morgan fingerprint density at radius 3 is 2.53 bits per heavy atom. The Morgan fingerprint density at radius 2 is 1.75 bits per heavy atom. The summed E-state index contributed by atoms with van der Waals surface area (Å²) in [5, 5.41) is 0.366. The Labute approximate surface area is 216 Å². The second-order valence-corrected chi connectivity index (χ2v) is 10.4. The number of ether oxygens (including phenoxy) is 1. The molecule has 5 nitrogen and oxygen atoms in total. The van der Waals surface area contributed by atoms with Gasteiger partial charge in [-0.2, -0.15) is 0 Å². The van der Waals surface area contributed by atoms with Crippen LogP contribution in [0.4, 0.5) is 15.8 Å². The molecule has 36 heavy (non-hydrogen) atoms. The first-order chi connectivity index (χ1) is 17.4.